The molecule has 2 aromatic carbocycles. The molecule has 26 heavy (non-hydrogen) atoms. The zero-order valence-electron chi connectivity index (χ0n) is 15.0. The fourth-order valence-electron chi connectivity index (χ4n) is 2.83. The summed E-state index contributed by atoms with van der Waals surface area (Å²) in [5.74, 6) is 1.40. The summed E-state index contributed by atoms with van der Waals surface area (Å²) in [7, 11) is 0. The van der Waals surface area contributed by atoms with E-state index in [-0.39, 0.29) is 24.5 Å². The summed E-state index contributed by atoms with van der Waals surface area (Å²) in [5, 5.41) is 0. The zero-order chi connectivity index (χ0) is 18.4. The van der Waals surface area contributed by atoms with Gasteiger partial charge in [0.15, 0.2) is 0 Å². The number of hydrogen-bond acceptors (Lipinski definition) is 3. The van der Waals surface area contributed by atoms with Crippen molar-refractivity contribution < 1.29 is 14.3 Å². The molecule has 1 heterocycles. The molecule has 0 spiro atoms. The van der Waals surface area contributed by atoms with E-state index < -0.39 is 0 Å². The number of aromatic nitrogens is 1. The fraction of sp³-hybridized carbons (Fsp3) is 0.227. The Bertz CT molecular complexity index is 826. The molecule has 0 aliphatic carbocycles. The Labute approximate surface area is 154 Å². The molecular weight excluding hydrogens is 326 g/mol. The topological polar surface area (TPSA) is 40.5 Å². The van der Waals surface area contributed by atoms with Crippen molar-refractivity contribution in [2.45, 2.75) is 26.5 Å². The van der Waals surface area contributed by atoms with Crippen molar-refractivity contribution in [3.8, 4) is 11.5 Å². The molecule has 0 N–H and O–H groups in total. The highest BCUT2D eigenvalue weighted by Crippen LogP contribution is 2.23. The zero-order valence-corrected chi connectivity index (χ0v) is 15.0. The second-order valence-electron chi connectivity index (χ2n) is 6.49. The Kier molecular flexibility index (Phi) is 5.74. The number of rotatable bonds is 7. The van der Waals surface area contributed by atoms with E-state index in [1.807, 2.05) is 97.5 Å². The van der Waals surface area contributed by atoms with E-state index in [0.717, 1.165) is 17.1 Å². The van der Waals surface area contributed by atoms with Gasteiger partial charge in [0.2, 0.25) is 0 Å². The van der Waals surface area contributed by atoms with Gasteiger partial charge >= 0.3 is 5.97 Å². The number of nitrogens with zero attached hydrogens (tertiary/aromatic N) is 1. The first-order chi connectivity index (χ1) is 12.6. The van der Waals surface area contributed by atoms with Crippen LogP contribution in [0.4, 0.5) is 0 Å². The number of esters is 1. The third-order valence-electron chi connectivity index (χ3n) is 4.08. The molecule has 0 radical (unpaired) electrons. The van der Waals surface area contributed by atoms with Crippen LogP contribution in [0.5, 0.6) is 11.5 Å². The number of benzene rings is 2. The van der Waals surface area contributed by atoms with Crippen LogP contribution in [0.2, 0.25) is 0 Å². The minimum absolute atomic E-state index is 0.141. The van der Waals surface area contributed by atoms with Gasteiger partial charge in [-0.05, 0) is 47.9 Å². The highest BCUT2D eigenvalue weighted by molar-refractivity contribution is 5.74. The van der Waals surface area contributed by atoms with Crippen molar-refractivity contribution >= 4 is 5.97 Å². The molecule has 1 aromatic heterocycles. The lowest BCUT2D eigenvalue weighted by Gasteiger charge is -2.21. The Morgan fingerprint density at radius 3 is 2.31 bits per heavy atom. The monoisotopic (exact) mass is 349 g/mol. The number of carbonyl (C=O) groups excluding carboxylic acids is 1. The number of ether oxygens (including phenoxy) is 2. The SMILES string of the molecule is CC(C)C(C(=O)OCc1cccc(Oc2ccccc2)c1)n1cccc1. The van der Waals surface area contributed by atoms with Crippen molar-refractivity contribution in [2.75, 3.05) is 0 Å². The van der Waals surface area contributed by atoms with Crippen LogP contribution in [0.25, 0.3) is 0 Å². The fourth-order valence-corrected chi connectivity index (χ4v) is 2.83. The molecule has 3 rings (SSSR count). The predicted octanol–water partition coefficient (Wildman–Crippen LogP) is 5.22. The van der Waals surface area contributed by atoms with E-state index in [2.05, 4.69) is 0 Å². The van der Waals surface area contributed by atoms with Gasteiger partial charge in [-0.1, -0.05) is 44.2 Å². The van der Waals surface area contributed by atoms with Crippen LogP contribution in [-0.2, 0) is 16.1 Å². The van der Waals surface area contributed by atoms with Gasteiger partial charge in [0.25, 0.3) is 0 Å². The first kappa shape index (κ1) is 17.8. The standard InChI is InChI=1S/C22H23NO3/c1-17(2)21(23-13-6-7-14-23)22(24)25-16-18-9-8-12-20(15-18)26-19-10-4-3-5-11-19/h3-15,17,21H,16H2,1-2H3. The molecule has 0 aliphatic rings. The maximum absolute atomic E-state index is 12.6. The lowest BCUT2D eigenvalue weighted by molar-refractivity contribution is -0.150. The van der Waals surface area contributed by atoms with Crippen LogP contribution >= 0.6 is 0 Å². The second kappa shape index (κ2) is 8.39. The van der Waals surface area contributed by atoms with Crippen molar-refractivity contribution in [3.63, 3.8) is 0 Å². The summed E-state index contributed by atoms with van der Waals surface area (Å²) in [6.45, 7) is 4.25. The normalized spacial score (nSPS) is 12.0. The van der Waals surface area contributed by atoms with E-state index in [0.29, 0.717) is 0 Å². The van der Waals surface area contributed by atoms with Gasteiger partial charge in [-0.15, -0.1) is 0 Å². The van der Waals surface area contributed by atoms with Crippen molar-refractivity contribution in [1.29, 1.82) is 0 Å². The molecule has 0 saturated carbocycles. The summed E-state index contributed by atoms with van der Waals surface area (Å²) in [5.41, 5.74) is 0.891. The molecule has 0 saturated heterocycles. The van der Waals surface area contributed by atoms with Gasteiger partial charge in [-0.25, -0.2) is 4.79 Å². The molecule has 0 fully saturated rings. The summed E-state index contributed by atoms with van der Waals surface area (Å²) in [4.78, 5) is 12.6. The van der Waals surface area contributed by atoms with Crippen LogP contribution in [0, 0.1) is 5.92 Å². The van der Waals surface area contributed by atoms with Crippen molar-refractivity contribution in [3.05, 3.63) is 84.7 Å². The van der Waals surface area contributed by atoms with Crippen LogP contribution in [-0.4, -0.2) is 10.5 Å². The van der Waals surface area contributed by atoms with E-state index in [4.69, 9.17) is 9.47 Å². The second-order valence-corrected chi connectivity index (χ2v) is 6.49. The third-order valence-corrected chi connectivity index (χ3v) is 4.08. The minimum Gasteiger partial charge on any atom is -0.459 e. The molecule has 134 valence electrons. The predicted molar refractivity (Wildman–Crippen MR) is 101 cm³/mol. The highest BCUT2D eigenvalue weighted by atomic mass is 16.5. The molecule has 3 aromatic rings. The third kappa shape index (κ3) is 4.54. The molecular formula is C22H23NO3. The van der Waals surface area contributed by atoms with Crippen molar-refractivity contribution in [1.82, 2.24) is 4.57 Å². The molecule has 4 heteroatoms. The number of para-hydroxylation sites is 1. The first-order valence-corrected chi connectivity index (χ1v) is 8.74. The largest absolute Gasteiger partial charge is 0.459 e. The Morgan fingerprint density at radius 2 is 1.62 bits per heavy atom. The average Bonchev–Trinajstić information content (AvgIpc) is 3.15. The summed E-state index contributed by atoms with van der Waals surface area (Å²) >= 11 is 0. The number of carbonyl (C=O) groups is 1. The highest BCUT2D eigenvalue weighted by Gasteiger charge is 2.24. The minimum atomic E-state index is -0.325. The van der Waals surface area contributed by atoms with Gasteiger partial charge in [0.1, 0.15) is 24.1 Å². The maximum Gasteiger partial charge on any atom is 0.329 e. The van der Waals surface area contributed by atoms with Gasteiger partial charge in [-0.3, -0.25) is 0 Å². The van der Waals surface area contributed by atoms with Gasteiger partial charge < -0.3 is 14.0 Å². The smallest absolute Gasteiger partial charge is 0.329 e. The van der Waals surface area contributed by atoms with E-state index in [9.17, 15) is 4.79 Å². The quantitative estimate of drug-likeness (QED) is 0.549. The summed E-state index contributed by atoms with van der Waals surface area (Å²) in [6.07, 6.45) is 3.78. The van der Waals surface area contributed by atoms with Crippen molar-refractivity contribution in [2.24, 2.45) is 5.92 Å². The number of hydrogen-bond donors (Lipinski definition) is 0. The van der Waals surface area contributed by atoms with Gasteiger partial charge in [0, 0.05) is 12.4 Å². The average molecular weight is 349 g/mol. The Hall–Kier alpha value is -3.01. The van der Waals surface area contributed by atoms with Crippen LogP contribution in [0.15, 0.2) is 79.1 Å². The first-order valence-electron chi connectivity index (χ1n) is 8.74. The van der Waals surface area contributed by atoms with Crippen LogP contribution in [0.1, 0.15) is 25.5 Å². The maximum atomic E-state index is 12.6. The molecule has 1 atom stereocenters. The molecule has 1 unspecified atom stereocenters. The lowest BCUT2D eigenvalue weighted by atomic mass is 10.0. The lowest BCUT2D eigenvalue weighted by Crippen LogP contribution is -2.25. The Morgan fingerprint density at radius 1 is 0.923 bits per heavy atom. The van der Waals surface area contributed by atoms with Crippen LogP contribution < -0.4 is 4.74 Å². The summed E-state index contributed by atoms with van der Waals surface area (Å²) < 4.78 is 13.3. The van der Waals surface area contributed by atoms with Gasteiger partial charge in [0.05, 0.1) is 0 Å². The van der Waals surface area contributed by atoms with E-state index in [1.165, 1.54) is 0 Å². The molecule has 0 amide bonds. The van der Waals surface area contributed by atoms with E-state index >= 15 is 0 Å². The Balaban J connectivity index is 1.64. The van der Waals surface area contributed by atoms with Crippen LogP contribution in [0.3, 0.4) is 0 Å². The van der Waals surface area contributed by atoms with E-state index in [1.54, 1.807) is 0 Å². The molecule has 0 aliphatic heterocycles. The molecule has 4 nitrogen and oxygen atoms in total. The molecule has 0 bridgehead atoms. The van der Waals surface area contributed by atoms with Gasteiger partial charge in [-0.2, -0.15) is 0 Å². The summed E-state index contributed by atoms with van der Waals surface area (Å²) in [6, 6.07) is 20.7.